The molecule has 3 rings (SSSR count). The van der Waals surface area contributed by atoms with E-state index >= 15 is 0 Å². The van der Waals surface area contributed by atoms with Gasteiger partial charge in [-0.1, -0.05) is 24.1 Å². The topological polar surface area (TPSA) is 127 Å². The molecular formula is C26H31N7O3. The maximum Gasteiger partial charge on any atom is 0.408 e. The highest BCUT2D eigenvalue weighted by Gasteiger charge is 2.25. The van der Waals surface area contributed by atoms with E-state index in [4.69, 9.17) is 4.74 Å². The van der Waals surface area contributed by atoms with Gasteiger partial charge < -0.3 is 15.4 Å². The minimum atomic E-state index is -0.679. The molecule has 0 bridgehead atoms. The van der Waals surface area contributed by atoms with Gasteiger partial charge in [0.1, 0.15) is 16.6 Å². The lowest BCUT2D eigenvalue weighted by atomic mass is 10.1. The summed E-state index contributed by atoms with van der Waals surface area (Å²) in [6, 6.07) is 9.23. The molecule has 0 aliphatic heterocycles. The van der Waals surface area contributed by atoms with Crippen LogP contribution in [-0.4, -0.2) is 43.1 Å². The number of hydrogen-bond acceptors (Lipinski definition) is 7. The highest BCUT2D eigenvalue weighted by atomic mass is 16.6. The van der Waals surface area contributed by atoms with Gasteiger partial charge in [-0.05, 0) is 53.2 Å². The Morgan fingerprint density at radius 1 is 1.19 bits per heavy atom. The van der Waals surface area contributed by atoms with Crippen LogP contribution in [0.1, 0.15) is 52.7 Å². The SMILES string of the molecule is CC#CCn1c(NCC(C)(C)NC(=O)OC(C)(C)C)nc2cnn(Cc3ccccc3C#N)c(=O)c21. The molecule has 2 heterocycles. The van der Waals surface area contributed by atoms with Crippen molar-refractivity contribution in [3.05, 3.63) is 51.9 Å². The summed E-state index contributed by atoms with van der Waals surface area (Å²) in [5, 5.41) is 19.7. The van der Waals surface area contributed by atoms with Crippen LogP contribution in [0.25, 0.3) is 11.0 Å². The molecule has 0 saturated carbocycles. The van der Waals surface area contributed by atoms with Crippen LogP contribution in [0.5, 0.6) is 0 Å². The van der Waals surface area contributed by atoms with Crippen LogP contribution in [0.3, 0.4) is 0 Å². The minimum Gasteiger partial charge on any atom is -0.444 e. The Morgan fingerprint density at radius 2 is 1.92 bits per heavy atom. The lowest BCUT2D eigenvalue weighted by molar-refractivity contribution is 0.0477. The van der Waals surface area contributed by atoms with Gasteiger partial charge in [0.2, 0.25) is 5.95 Å². The van der Waals surface area contributed by atoms with Crippen molar-refractivity contribution in [2.75, 3.05) is 11.9 Å². The average Bonchev–Trinajstić information content (AvgIpc) is 3.15. The molecule has 188 valence electrons. The van der Waals surface area contributed by atoms with Gasteiger partial charge in [0, 0.05) is 6.54 Å². The lowest BCUT2D eigenvalue weighted by Crippen LogP contribution is -2.50. The minimum absolute atomic E-state index is 0.152. The summed E-state index contributed by atoms with van der Waals surface area (Å²) in [7, 11) is 0. The number of hydrogen-bond donors (Lipinski definition) is 2. The van der Waals surface area contributed by atoms with Crippen molar-refractivity contribution in [2.24, 2.45) is 0 Å². The van der Waals surface area contributed by atoms with Gasteiger partial charge in [0.15, 0.2) is 0 Å². The molecule has 3 aromatic rings. The largest absolute Gasteiger partial charge is 0.444 e. The molecule has 10 heteroatoms. The zero-order valence-corrected chi connectivity index (χ0v) is 21.5. The number of fused-ring (bicyclic) bond motifs is 1. The number of nitrogens with one attached hydrogen (secondary N) is 2. The summed E-state index contributed by atoms with van der Waals surface area (Å²) in [5.74, 6) is 6.26. The summed E-state index contributed by atoms with van der Waals surface area (Å²) >= 11 is 0. The number of aromatic nitrogens is 4. The van der Waals surface area contributed by atoms with Crippen LogP contribution >= 0.6 is 0 Å². The fraction of sp³-hybridized carbons (Fsp3) is 0.423. The molecule has 1 aromatic carbocycles. The average molecular weight is 490 g/mol. The number of imidazole rings is 1. The Kier molecular flexibility index (Phi) is 7.69. The van der Waals surface area contributed by atoms with Crippen LogP contribution in [0, 0.1) is 23.2 Å². The van der Waals surface area contributed by atoms with E-state index in [1.807, 2.05) is 19.9 Å². The van der Waals surface area contributed by atoms with E-state index in [1.54, 1.807) is 50.5 Å². The zero-order chi connectivity index (χ0) is 26.5. The number of anilines is 1. The number of nitrogens with zero attached hydrogens (tertiary/aromatic N) is 5. The first kappa shape index (κ1) is 26.3. The van der Waals surface area contributed by atoms with Crippen molar-refractivity contribution >= 4 is 23.1 Å². The van der Waals surface area contributed by atoms with Crippen molar-refractivity contribution in [2.45, 2.75) is 65.8 Å². The summed E-state index contributed by atoms with van der Waals surface area (Å²) in [4.78, 5) is 30.2. The molecule has 0 atom stereocenters. The third-order valence-electron chi connectivity index (χ3n) is 5.15. The van der Waals surface area contributed by atoms with E-state index in [1.165, 1.54) is 10.9 Å². The molecule has 0 saturated heterocycles. The first-order valence-electron chi connectivity index (χ1n) is 11.5. The van der Waals surface area contributed by atoms with E-state index in [0.29, 0.717) is 34.7 Å². The maximum atomic E-state index is 13.4. The zero-order valence-electron chi connectivity index (χ0n) is 21.5. The van der Waals surface area contributed by atoms with E-state index in [2.05, 4.69) is 38.6 Å². The summed E-state index contributed by atoms with van der Waals surface area (Å²) in [6.07, 6.45) is 1.00. The predicted molar refractivity (Wildman–Crippen MR) is 137 cm³/mol. The first-order valence-corrected chi connectivity index (χ1v) is 11.5. The monoisotopic (exact) mass is 489 g/mol. The fourth-order valence-corrected chi connectivity index (χ4v) is 3.50. The Morgan fingerprint density at radius 3 is 2.58 bits per heavy atom. The molecule has 0 radical (unpaired) electrons. The third kappa shape index (κ3) is 6.42. The molecule has 0 aliphatic carbocycles. The highest BCUT2D eigenvalue weighted by Crippen LogP contribution is 2.18. The van der Waals surface area contributed by atoms with Crippen molar-refractivity contribution in [1.29, 1.82) is 5.26 Å². The fourth-order valence-electron chi connectivity index (χ4n) is 3.50. The van der Waals surface area contributed by atoms with Gasteiger partial charge in [0.25, 0.3) is 5.56 Å². The van der Waals surface area contributed by atoms with Gasteiger partial charge in [0.05, 0.1) is 36.5 Å². The molecule has 2 N–H and O–H groups in total. The van der Waals surface area contributed by atoms with Crippen molar-refractivity contribution in [3.63, 3.8) is 0 Å². The van der Waals surface area contributed by atoms with E-state index < -0.39 is 17.2 Å². The number of alkyl carbamates (subject to hydrolysis) is 1. The number of ether oxygens (including phenoxy) is 1. The van der Waals surface area contributed by atoms with E-state index in [9.17, 15) is 14.9 Å². The standard InChI is InChI=1S/C26H31N7O3/c1-7-8-13-32-21-20(15-29-33(22(21)34)16-19-12-10-9-11-18(19)14-27)30-23(32)28-17-26(5,6)31-24(35)36-25(2,3)4/h9-12,15H,13,16-17H2,1-6H3,(H,28,30)(H,31,35). The van der Waals surface area contributed by atoms with Crippen LogP contribution in [0.2, 0.25) is 0 Å². The molecule has 36 heavy (non-hydrogen) atoms. The van der Waals surface area contributed by atoms with Gasteiger partial charge in [-0.25, -0.2) is 14.5 Å². The smallest absolute Gasteiger partial charge is 0.408 e. The van der Waals surface area contributed by atoms with Crippen molar-refractivity contribution in [3.8, 4) is 17.9 Å². The van der Waals surface area contributed by atoms with Gasteiger partial charge >= 0.3 is 6.09 Å². The normalized spacial score (nSPS) is 11.4. The maximum absolute atomic E-state index is 13.4. The van der Waals surface area contributed by atoms with Crippen LogP contribution < -0.4 is 16.2 Å². The molecule has 1 amide bonds. The Balaban J connectivity index is 1.92. The summed E-state index contributed by atoms with van der Waals surface area (Å²) in [5.41, 5.74) is 0.318. The van der Waals surface area contributed by atoms with Crippen LogP contribution in [-0.2, 0) is 17.8 Å². The first-order chi connectivity index (χ1) is 16.9. The number of benzene rings is 1. The van der Waals surface area contributed by atoms with Crippen LogP contribution in [0.4, 0.5) is 10.7 Å². The molecule has 0 aliphatic rings. The van der Waals surface area contributed by atoms with Gasteiger partial charge in [-0.15, -0.1) is 5.92 Å². The van der Waals surface area contributed by atoms with Gasteiger partial charge in [-0.2, -0.15) is 10.4 Å². The van der Waals surface area contributed by atoms with Gasteiger partial charge in [-0.3, -0.25) is 9.36 Å². The summed E-state index contributed by atoms with van der Waals surface area (Å²) in [6.45, 7) is 11.5. The Labute approximate surface area is 210 Å². The predicted octanol–water partition coefficient (Wildman–Crippen LogP) is 3.25. The van der Waals surface area contributed by atoms with E-state index in [-0.39, 0.29) is 18.6 Å². The number of nitriles is 1. The van der Waals surface area contributed by atoms with Crippen molar-refractivity contribution in [1.82, 2.24) is 24.6 Å². The van der Waals surface area contributed by atoms with E-state index in [0.717, 1.165) is 0 Å². The molecule has 2 aromatic heterocycles. The molecular weight excluding hydrogens is 458 g/mol. The van der Waals surface area contributed by atoms with Crippen molar-refractivity contribution < 1.29 is 9.53 Å². The second-order valence-electron chi connectivity index (χ2n) is 9.92. The Hall–Kier alpha value is -4.31. The quantitative estimate of drug-likeness (QED) is 0.488. The molecule has 0 unspecified atom stereocenters. The molecule has 0 spiro atoms. The number of rotatable bonds is 7. The molecule has 10 nitrogen and oxygen atoms in total. The second kappa shape index (κ2) is 10.5. The number of amides is 1. The highest BCUT2D eigenvalue weighted by molar-refractivity contribution is 5.77. The lowest BCUT2D eigenvalue weighted by Gasteiger charge is -2.29. The summed E-state index contributed by atoms with van der Waals surface area (Å²) < 4.78 is 8.37. The van der Waals surface area contributed by atoms with Crippen LogP contribution in [0.15, 0.2) is 35.3 Å². The second-order valence-corrected chi connectivity index (χ2v) is 9.92. The third-order valence-corrected chi connectivity index (χ3v) is 5.15. The molecule has 0 fully saturated rings. The Bertz CT molecular complexity index is 1430. The number of carbonyl (C=O) groups excluding carboxylic acids is 1. The number of carbonyl (C=O) groups is 1.